The molecule has 1 fully saturated rings. The summed E-state index contributed by atoms with van der Waals surface area (Å²) >= 11 is 1.67. The number of amides is 1. The molecule has 1 aliphatic rings. The number of nitrogens with one attached hydrogen (secondary N) is 1. The van der Waals surface area contributed by atoms with Crippen LogP contribution in [0.1, 0.15) is 22.5 Å². The van der Waals surface area contributed by atoms with E-state index in [2.05, 4.69) is 10.3 Å². The molecule has 0 radical (unpaired) electrons. The lowest BCUT2D eigenvalue weighted by molar-refractivity contribution is 0.0763. The third-order valence-electron chi connectivity index (χ3n) is 4.53. The van der Waals surface area contributed by atoms with E-state index in [4.69, 9.17) is 0 Å². The molecule has 1 saturated heterocycles. The van der Waals surface area contributed by atoms with Gasteiger partial charge < -0.3 is 14.6 Å². The van der Waals surface area contributed by atoms with Crippen molar-refractivity contribution in [2.75, 3.05) is 26.2 Å². The van der Waals surface area contributed by atoms with Crippen LogP contribution in [0.15, 0.2) is 59.8 Å². The Morgan fingerprint density at radius 2 is 1.89 bits per heavy atom. The first kappa shape index (κ1) is 22.6. The van der Waals surface area contributed by atoms with Crippen molar-refractivity contribution in [2.45, 2.75) is 17.1 Å². The second kappa shape index (κ2) is 10.7. The van der Waals surface area contributed by atoms with Crippen molar-refractivity contribution in [2.24, 2.45) is 0 Å². The van der Waals surface area contributed by atoms with Gasteiger partial charge in [0.2, 0.25) is 0 Å². The minimum Gasteiger partial charge on any atom is -0.337 e. The Balaban J connectivity index is 0.00000140. The fourth-order valence-corrected chi connectivity index (χ4v) is 4.12. The first-order valence-corrected chi connectivity index (χ1v) is 9.94. The Labute approximate surface area is 181 Å². The first-order chi connectivity index (χ1) is 12.8. The molecule has 1 aliphatic heterocycles. The molecule has 28 heavy (non-hydrogen) atoms. The zero-order chi connectivity index (χ0) is 17.8. The Kier molecular flexibility index (Phi) is 8.63. The molecule has 2 aromatic heterocycles. The number of halogens is 2. The van der Waals surface area contributed by atoms with E-state index < -0.39 is 0 Å². The Hall–Kier alpha value is -1.73. The van der Waals surface area contributed by atoms with Gasteiger partial charge in [-0.2, -0.15) is 0 Å². The topological polar surface area (TPSA) is 49.6 Å². The maximum atomic E-state index is 13.0. The van der Waals surface area contributed by atoms with E-state index in [9.17, 15) is 4.79 Å². The molecule has 4 rings (SSSR count). The highest BCUT2D eigenvalue weighted by atomic mass is 35.5. The normalized spacial score (nSPS) is 14.1. The van der Waals surface area contributed by atoms with Crippen LogP contribution in [0.2, 0.25) is 0 Å². The van der Waals surface area contributed by atoms with E-state index in [0.717, 1.165) is 60.2 Å². The average Bonchev–Trinajstić information content (AvgIpc) is 2.90. The number of nitrogens with zero attached hydrogens (tertiary/aromatic N) is 3. The molecule has 1 amide bonds. The molecule has 0 unspecified atom stereocenters. The van der Waals surface area contributed by atoms with E-state index in [1.54, 1.807) is 11.8 Å². The molecule has 8 heteroatoms. The summed E-state index contributed by atoms with van der Waals surface area (Å²) in [5, 5.41) is 3.35. The van der Waals surface area contributed by atoms with Crippen molar-refractivity contribution in [3.05, 3.63) is 66.1 Å². The number of imidazole rings is 1. The summed E-state index contributed by atoms with van der Waals surface area (Å²) in [5.41, 5.74) is 2.76. The SMILES string of the molecule is Cl.Cl.O=C(c1ccccc1SCc1cn2ccccc2n1)N1CCCNCC1. The lowest BCUT2D eigenvalue weighted by atomic mass is 10.2. The van der Waals surface area contributed by atoms with Crippen molar-refractivity contribution in [3.63, 3.8) is 0 Å². The second-order valence-corrected chi connectivity index (χ2v) is 7.40. The molecule has 3 heterocycles. The maximum absolute atomic E-state index is 13.0. The van der Waals surface area contributed by atoms with Crippen LogP contribution in [-0.4, -0.2) is 46.4 Å². The van der Waals surface area contributed by atoms with Gasteiger partial charge in [0.15, 0.2) is 0 Å². The van der Waals surface area contributed by atoms with Gasteiger partial charge in [0.1, 0.15) is 5.65 Å². The number of rotatable bonds is 4. The summed E-state index contributed by atoms with van der Waals surface area (Å²) in [6.07, 6.45) is 5.05. The third kappa shape index (κ3) is 5.20. The Bertz CT molecular complexity index is 877. The highest BCUT2D eigenvalue weighted by molar-refractivity contribution is 7.98. The second-order valence-electron chi connectivity index (χ2n) is 6.38. The van der Waals surface area contributed by atoms with Crippen molar-refractivity contribution in [1.29, 1.82) is 0 Å². The molecule has 0 spiro atoms. The highest BCUT2D eigenvalue weighted by Gasteiger charge is 2.20. The molecule has 1 aromatic carbocycles. The highest BCUT2D eigenvalue weighted by Crippen LogP contribution is 2.27. The van der Waals surface area contributed by atoms with Crippen LogP contribution in [0.4, 0.5) is 0 Å². The van der Waals surface area contributed by atoms with Crippen LogP contribution in [0.3, 0.4) is 0 Å². The molecule has 0 aliphatic carbocycles. The number of benzene rings is 1. The molecular formula is C20H24Cl2N4OS. The monoisotopic (exact) mass is 438 g/mol. The first-order valence-electron chi connectivity index (χ1n) is 8.96. The smallest absolute Gasteiger partial charge is 0.255 e. The van der Waals surface area contributed by atoms with Crippen molar-refractivity contribution in [1.82, 2.24) is 19.6 Å². The summed E-state index contributed by atoms with van der Waals surface area (Å²) in [6.45, 7) is 3.43. The van der Waals surface area contributed by atoms with Gasteiger partial charge in [-0.3, -0.25) is 4.79 Å². The molecule has 1 N–H and O–H groups in total. The van der Waals surface area contributed by atoms with Gasteiger partial charge in [0, 0.05) is 42.7 Å². The van der Waals surface area contributed by atoms with Gasteiger partial charge in [0.05, 0.1) is 11.3 Å². The number of aromatic nitrogens is 2. The number of carbonyl (C=O) groups is 1. The summed E-state index contributed by atoms with van der Waals surface area (Å²) in [4.78, 5) is 20.6. The number of thioether (sulfide) groups is 1. The van der Waals surface area contributed by atoms with Crippen LogP contribution in [-0.2, 0) is 5.75 Å². The summed E-state index contributed by atoms with van der Waals surface area (Å²) < 4.78 is 2.02. The molecule has 0 atom stereocenters. The van der Waals surface area contributed by atoms with Gasteiger partial charge in [-0.1, -0.05) is 18.2 Å². The number of hydrogen-bond donors (Lipinski definition) is 1. The van der Waals surface area contributed by atoms with Gasteiger partial charge in [-0.25, -0.2) is 4.98 Å². The zero-order valence-corrected chi connectivity index (χ0v) is 17.9. The van der Waals surface area contributed by atoms with Crippen LogP contribution in [0.5, 0.6) is 0 Å². The molecule has 150 valence electrons. The molecule has 0 bridgehead atoms. The standard InChI is InChI=1S/C20H22N4OS.2ClH/c25-20(23-12-5-9-21-10-13-23)17-6-1-2-7-18(17)26-15-16-14-24-11-4-3-8-19(24)22-16;;/h1-4,6-8,11,14,21H,5,9-10,12-13,15H2;2*1H. The van der Waals surface area contributed by atoms with Crippen LogP contribution in [0, 0.1) is 0 Å². The van der Waals surface area contributed by atoms with Crippen LogP contribution in [0.25, 0.3) is 5.65 Å². The minimum atomic E-state index is 0. The summed E-state index contributed by atoms with van der Waals surface area (Å²) in [6, 6.07) is 13.9. The largest absolute Gasteiger partial charge is 0.337 e. The summed E-state index contributed by atoms with van der Waals surface area (Å²) in [7, 11) is 0. The van der Waals surface area contributed by atoms with E-state index in [-0.39, 0.29) is 30.7 Å². The Morgan fingerprint density at radius 3 is 2.75 bits per heavy atom. The van der Waals surface area contributed by atoms with Crippen molar-refractivity contribution < 1.29 is 4.79 Å². The lowest BCUT2D eigenvalue weighted by Crippen LogP contribution is -2.34. The fraction of sp³-hybridized carbons (Fsp3) is 0.300. The van der Waals surface area contributed by atoms with Crippen molar-refractivity contribution in [3.8, 4) is 0 Å². The minimum absolute atomic E-state index is 0. The maximum Gasteiger partial charge on any atom is 0.255 e. The quantitative estimate of drug-likeness (QED) is 0.627. The fourth-order valence-electron chi connectivity index (χ4n) is 3.20. The predicted octanol–water partition coefficient (Wildman–Crippen LogP) is 3.91. The number of fused-ring (bicyclic) bond motifs is 1. The lowest BCUT2D eigenvalue weighted by Gasteiger charge is -2.21. The van der Waals surface area contributed by atoms with E-state index in [0.29, 0.717) is 0 Å². The number of carbonyl (C=O) groups excluding carboxylic acids is 1. The van der Waals surface area contributed by atoms with Gasteiger partial charge in [0.25, 0.3) is 5.91 Å². The molecule has 0 saturated carbocycles. The average molecular weight is 439 g/mol. The zero-order valence-electron chi connectivity index (χ0n) is 15.4. The van der Waals surface area contributed by atoms with Crippen LogP contribution < -0.4 is 5.32 Å². The van der Waals surface area contributed by atoms with E-state index >= 15 is 0 Å². The van der Waals surface area contributed by atoms with E-state index in [1.165, 1.54) is 0 Å². The Morgan fingerprint density at radius 1 is 1.07 bits per heavy atom. The summed E-state index contributed by atoms with van der Waals surface area (Å²) in [5.74, 6) is 0.875. The van der Waals surface area contributed by atoms with E-state index in [1.807, 2.05) is 64.2 Å². The van der Waals surface area contributed by atoms with Gasteiger partial charge in [-0.05, 0) is 37.2 Å². The van der Waals surface area contributed by atoms with Crippen molar-refractivity contribution >= 4 is 48.1 Å². The number of pyridine rings is 1. The third-order valence-corrected chi connectivity index (χ3v) is 5.64. The number of hydrogen-bond acceptors (Lipinski definition) is 4. The van der Waals surface area contributed by atoms with Crippen LogP contribution >= 0.6 is 36.6 Å². The molecule has 5 nitrogen and oxygen atoms in total. The predicted molar refractivity (Wildman–Crippen MR) is 119 cm³/mol. The molecule has 3 aromatic rings. The van der Waals surface area contributed by atoms with Gasteiger partial charge in [-0.15, -0.1) is 36.6 Å². The van der Waals surface area contributed by atoms with Gasteiger partial charge >= 0.3 is 0 Å². The molecular weight excluding hydrogens is 415 g/mol.